The normalized spacial score (nSPS) is 11.8. The Hall–Kier alpha value is -3.20. The quantitative estimate of drug-likeness (QED) is 0.294. The van der Waals surface area contributed by atoms with Crippen molar-refractivity contribution in [3.05, 3.63) is 111 Å². The van der Waals surface area contributed by atoms with Crippen molar-refractivity contribution in [3.8, 4) is 0 Å². The molecule has 0 heterocycles. The molecule has 0 N–H and O–H groups in total. The summed E-state index contributed by atoms with van der Waals surface area (Å²) in [5.74, 6) is 0. The number of hydrogen-bond acceptors (Lipinski definition) is 2. The molecule has 3 aromatic rings. The second kappa shape index (κ2) is 8.00. The van der Waals surface area contributed by atoms with Crippen molar-refractivity contribution in [2.45, 2.75) is 27.2 Å². The van der Waals surface area contributed by atoms with Gasteiger partial charge in [-0.2, -0.15) is 0 Å². The molecule has 0 amide bonds. The van der Waals surface area contributed by atoms with Crippen molar-refractivity contribution >= 4 is 16.8 Å². The van der Waals surface area contributed by atoms with E-state index in [0.29, 0.717) is 0 Å². The second-order valence-electron chi connectivity index (χ2n) is 6.74. The molecule has 3 nitrogen and oxygen atoms in total. The molecule has 0 bridgehead atoms. The predicted octanol–water partition coefficient (Wildman–Crippen LogP) is 6.58. The number of nitrogens with zero attached hydrogens (tertiary/aromatic N) is 1. The highest BCUT2D eigenvalue weighted by Crippen LogP contribution is 2.35. The maximum Gasteiger partial charge on any atom is 0.269 e. The van der Waals surface area contributed by atoms with E-state index in [0.717, 1.165) is 23.1 Å². The maximum atomic E-state index is 11.0. The summed E-state index contributed by atoms with van der Waals surface area (Å²) in [7, 11) is 0. The molecular weight excluding hydrogens is 334 g/mol. The Morgan fingerprint density at radius 3 is 1.56 bits per heavy atom. The van der Waals surface area contributed by atoms with E-state index < -0.39 is 0 Å². The van der Waals surface area contributed by atoms with Crippen LogP contribution in [0.5, 0.6) is 0 Å². The van der Waals surface area contributed by atoms with E-state index >= 15 is 0 Å². The first-order chi connectivity index (χ1) is 13.0. The van der Waals surface area contributed by atoms with Crippen LogP contribution in [0.4, 0.5) is 5.69 Å². The zero-order chi connectivity index (χ0) is 19.4. The molecular formula is C24H23NO2. The summed E-state index contributed by atoms with van der Waals surface area (Å²) in [6.45, 7) is 6.30. The average molecular weight is 357 g/mol. The van der Waals surface area contributed by atoms with Gasteiger partial charge in [0.1, 0.15) is 0 Å². The molecule has 0 aromatic heterocycles. The van der Waals surface area contributed by atoms with Gasteiger partial charge in [0, 0.05) is 12.1 Å². The standard InChI is InChI=1S/C24H23NO2/c1-4-23(19-9-5-17(2)6-10-19)24(20-11-7-18(3)8-12-20)21-13-15-22(16-14-21)25(26)27/h5-16H,4H2,1-3H3/b24-23+. The third kappa shape index (κ3) is 4.14. The molecule has 0 spiro atoms. The number of allylic oxidation sites excluding steroid dienone is 1. The maximum absolute atomic E-state index is 11.0. The van der Waals surface area contributed by atoms with Crippen LogP contribution in [0.15, 0.2) is 72.8 Å². The molecule has 0 aliphatic heterocycles. The van der Waals surface area contributed by atoms with Crippen molar-refractivity contribution in [1.29, 1.82) is 0 Å². The van der Waals surface area contributed by atoms with Gasteiger partial charge in [-0.3, -0.25) is 10.1 Å². The minimum absolute atomic E-state index is 0.107. The van der Waals surface area contributed by atoms with Crippen LogP contribution in [0.2, 0.25) is 0 Å². The van der Waals surface area contributed by atoms with E-state index in [-0.39, 0.29) is 10.6 Å². The summed E-state index contributed by atoms with van der Waals surface area (Å²) in [4.78, 5) is 10.7. The third-order valence-corrected chi connectivity index (χ3v) is 4.76. The number of hydrogen-bond donors (Lipinski definition) is 0. The summed E-state index contributed by atoms with van der Waals surface area (Å²) in [5, 5.41) is 11.0. The summed E-state index contributed by atoms with van der Waals surface area (Å²) in [5.41, 5.74) is 8.17. The first-order valence-electron chi connectivity index (χ1n) is 9.11. The van der Waals surface area contributed by atoms with E-state index in [1.54, 1.807) is 12.1 Å². The molecule has 0 saturated heterocycles. The number of benzene rings is 3. The summed E-state index contributed by atoms with van der Waals surface area (Å²) < 4.78 is 0. The first kappa shape index (κ1) is 18.6. The lowest BCUT2D eigenvalue weighted by atomic mass is 9.87. The number of nitro groups is 1. The minimum atomic E-state index is -0.361. The Morgan fingerprint density at radius 2 is 1.15 bits per heavy atom. The third-order valence-electron chi connectivity index (χ3n) is 4.76. The van der Waals surface area contributed by atoms with Crippen molar-refractivity contribution < 1.29 is 4.92 Å². The van der Waals surface area contributed by atoms with E-state index in [9.17, 15) is 10.1 Å². The predicted molar refractivity (Wildman–Crippen MR) is 112 cm³/mol. The highest BCUT2D eigenvalue weighted by Gasteiger charge is 2.14. The average Bonchev–Trinajstić information content (AvgIpc) is 2.68. The Morgan fingerprint density at radius 1 is 0.741 bits per heavy atom. The molecule has 0 radical (unpaired) electrons. The van der Waals surface area contributed by atoms with Gasteiger partial charge in [0.15, 0.2) is 0 Å². The fourth-order valence-electron chi connectivity index (χ4n) is 3.27. The topological polar surface area (TPSA) is 43.1 Å². The minimum Gasteiger partial charge on any atom is -0.258 e. The van der Waals surface area contributed by atoms with Gasteiger partial charge in [-0.05, 0) is 60.2 Å². The van der Waals surface area contributed by atoms with Crippen LogP contribution in [-0.2, 0) is 0 Å². The van der Waals surface area contributed by atoms with Crippen LogP contribution in [-0.4, -0.2) is 4.92 Å². The Kier molecular flexibility index (Phi) is 5.51. The number of nitro benzene ring substituents is 1. The highest BCUT2D eigenvalue weighted by molar-refractivity contribution is 5.98. The van der Waals surface area contributed by atoms with Crippen LogP contribution >= 0.6 is 0 Å². The van der Waals surface area contributed by atoms with E-state index in [4.69, 9.17) is 0 Å². The Balaban J connectivity index is 2.23. The Labute approximate surface area is 160 Å². The second-order valence-corrected chi connectivity index (χ2v) is 6.74. The zero-order valence-electron chi connectivity index (χ0n) is 15.9. The molecule has 0 aliphatic rings. The largest absolute Gasteiger partial charge is 0.269 e. The van der Waals surface area contributed by atoms with Crippen molar-refractivity contribution in [1.82, 2.24) is 0 Å². The zero-order valence-corrected chi connectivity index (χ0v) is 15.9. The van der Waals surface area contributed by atoms with Crippen molar-refractivity contribution in [2.75, 3.05) is 0 Å². The lowest BCUT2D eigenvalue weighted by Gasteiger charge is -2.16. The first-order valence-corrected chi connectivity index (χ1v) is 9.11. The number of aryl methyl sites for hydroxylation is 2. The summed E-state index contributed by atoms with van der Waals surface area (Å²) >= 11 is 0. The van der Waals surface area contributed by atoms with Crippen LogP contribution < -0.4 is 0 Å². The van der Waals surface area contributed by atoms with Gasteiger partial charge < -0.3 is 0 Å². The smallest absolute Gasteiger partial charge is 0.258 e. The van der Waals surface area contributed by atoms with Gasteiger partial charge in [0.25, 0.3) is 5.69 Å². The molecule has 0 saturated carbocycles. The van der Waals surface area contributed by atoms with Gasteiger partial charge >= 0.3 is 0 Å². The van der Waals surface area contributed by atoms with Gasteiger partial charge in [-0.1, -0.05) is 66.6 Å². The summed E-state index contributed by atoms with van der Waals surface area (Å²) in [6, 6.07) is 23.8. The molecule has 0 atom stereocenters. The molecule has 0 unspecified atom stereocenters. The van der Waals surface area contributed by atoms with Crippen molar-refractivity contribution in [3.63, 3.8) is 0 Å². The van der Waals surface area contributed by atoms with Crippen LogP contribution in [0.3, 0.4) is 0 Å². The number of rotatable bonds is 5. The molecule has 3 aromatic carbocycles. The van der Waals surface area contributed by atoms with E-state index in [1.807, 2.05) is 12.1 Å². The van der Waals surface area contributed by atoms with Gasteiger partial charge in [0.05, 0.1) is 4.92 Å². The van der Waals surface area contributed by atoms with Gasteiger partial charge in [-0.15, -0.1) is 0 Å². The van der Waals surface area contributed by atoms with Crippen molar-refractivity contribution in [2.24, 2.45) is 0 Å². The monoisotopic (exact) mass is 357 g/mol. The Bertz CT molecular complexity index is 966. The highest BCUT2D eigenvalue weighted by atomic mass is 16.6. The van der Waals surface area contributed by atoms with Crippen LogP contribution in [0.1, 0.15) is 41.2 Å². The van der Waals surface area contributed by atoms with Crippen LogP contribution in [0, 0.1) is 24.0 Å². The fourth-order valence-corrected chi connectivity index (χ4v) is 3.27. The molecule has 3 rings (SSSR count). The molecule has 27 heavy (non-hydrogen) atoms. The fraction of sp³-hybridized carbons (Fsp3) is 0.167. The lowest BCUT2D eigenvalue weighted by molar-refractivity contribution is -0.384. The molecule has 3 heteroatoms. The number of non-ortho nitro benzene ring substituents is 1. The molecule has 136 valence electrons. The summed E-state index contributed by atoms with van der Waals surface area (Å²) in [6.07, 6.45) is 0.864. The van der Waals surface area contributed by atoms with Crippen LogP contribution in [0.25, 0.3) is 11.1 Å². The SMILES string of the molecule is CC/C(=C(/c1ccc(C)cc1)c1ccc([N+](=O)[O-])cc1)c1ccc(C)cc1. The van der Waals surface area contributed by atoms with E-state index in [1.165, 1.54) is 22.3 Å². The molecule has 0 aliphatic carbocycles. The lowest BCUT2D eigenvalue weighted by Crippen LogP contribution is -1.96. The van der Waals surface area contributed by atoms with E-state index in [2.05, 4.69) is 69.3 Å². The molecule has 0 fully saturated rings. The van der Waals surface area contributed by atoms with Gasteiger partial charge in [0.2, 0.25) is 0 Å². The van der Waals surface area contributed by atoms with Gasteiger partial charge in [-0.25, -0.2) is 0 Å².